The van der Waals surface area contributed by atoms with Gasteiger partial charge in [0.15, 0.2) is 0 Å². The van der Waals surface area contributed by atoms with Crippen molar-refractivity contribution in [1.29, 1.82) is 5.26 Å². The number of amides is 1. The number of alkyl halides is 6. The van der Waals surface area contributed by atoms with E-state index in [4.69, 9.17) is 5.26 Å². The quantitative estimate of drug-likeness (QED) is 0.294. The summed E-state index contributed by atoms with van der Waals surface area (Å²) in [6, 6.07) is 10.6. The minimum Gasteiger partial charge on any atom is -0.321 e. The molecular weight excluding hydrogens is 406 g/mol. The molecule has 0 bridgehead atoms. The topological polar surface area (TPSA) is 52.9 Å². The van der Waals surface area contributed by atoms with Gasteiger partial charge in [0.05, 0.1) is 11.3 Å². The largest absolute Gasteiger partial charge is 0.446 e. The molecule has 0 unspecified atom stereocenters. The molecule has 0 atom stereocenters. The fourth-order valence-corrected chi connectivity index (χ4v) is 2.65. The highest BCUT2D eigenvalue weighted by molar-refractivity contribution is 8.00. The molecule has 0 saturated carbocycles. The van der Waals surface area contributed by atoms with Gasteiger partial charge in [-0.05, 0) is 47.7 Å². The molecule has 0 radical (unpaired) electrons. The maximum atomic E-state index is 13.0. The minimum absolute atomic E-state index is 0.0910. The van der Waals surface area contributed by atoms with Gasteiger partial charge >= 0.3 is 11.7 Å². The Bertz CT molecular complexity index is 927. The second-order valence-corrected chi connectivity index (χ2v) is 6.42. The van der Waals surface area contributed by atoms with Gasteiger partial charge in [-0.15, -0.1) is 0 Å². The average Bonchev–Trinajstić information content (AvgIpc) is 2.59. The number of nitriles is 1. The molecule has 10 heteroatoms. The Morgan fingerprint density at radius 2 is 1.61 bits per heavy atom. The van der Waals surface area contributed by atoms with E-state index in [9.17, 15) is 31.1 Å². The van der Waals surface area contributed by atoms with Crippen molar-refractivity contribution in [3.05, 3.63) is 65.2 Å². The molecule has 0 aliphatic heterocycles. The Morgan fingerprint density at radius 3 is 2.14 bits per heavy atom. The molecule has 0 fully saturated rings. The predicted octanol–water partition coefficient (Wildman–Crippen LogP) is 5.86. The number of nitrogens with zero attached hydrogens (tertiary/aromatic N) is 1. The number of nitrogens with one attached hydrogen (secondary N) is 1. The summed E-state index contributed by atoms with van der Waals surface area (Å²) < 4.78 is 75.8. The summed E-state index contributed by atoms with van der Waals surface area (Å²) in [5.41, 5.74) is -6.32. The number of rotatable bonds is 4. The van der Waals surface area contributed by atoms with Crippen LogP contribution in [0.2, 0.25) is 0 Å². The molecule has 1 amide bonds. The Hall–Kier alpha value is -2.93. The summed E-state index contributed by atoms with van der Waals surface area (Å²) in [5, 5.41) is 11.1. The van der Waals surface area contributed by atoms with Crippen LogP contribution >= 0.6 is 11.8 Å². The zero-order valence-corrected chi connectivity index (χ0v) is 14.5. The van der Waals surface area contributed by atoms with E-state index in [0.29, 0.717) is 0 Å². The fourth-order valence-electron chi connectivity index (χ4n) is 2.11. The van der Waals surface area contributed by atoms with E-state index in [1.54, 1.807) is 6.07 Å². The zero-order valence-electron chi connectivity index (χ0n) is 13.7. The molecule has 0 heterocycles. The lowest BCUT2D eigenvalue weighted by molar-refractivity contribution is -0.137. The van der Waals surface area contributed by atoms with Crippen LogP contribution in [0.1, 0.15) is 11.1 Å². The summed E-state index contributed by atoms with van der Waals surface area (Å²) in [7, 11) is 0. The number of carbonyl (C=O) groups is 1. The predicted molar refractivity (Wildman–Crippen MR) is 92.0 cm³/mol. The zero-order chi connectivity index (χ0) is 20.9. The average molecular weight is 416 g/mol. The third-order valence-electron chi connectivity index (χ3n) is 3.27. The number of carbonyl (C=O) groups excluding carboxylic acids is 1. The number of benzene rings is 2. The van der Waals surface area contributed by atoms with Gasteiger partial charge in [0.2, 0.25) is 0 Å². The number of halogens is 6. The standard InChI is InChI=1S/C18H10F6N2OS/c19-17(20,21)14-3-1-2-4-15(14)26-16(27)12(10-25)9-11-5-7-13(8-6-11)28-18(22,23)24/h1-9H,(H,26,27)/b12-9+. The van der Waals surface area contributed by atoms with E-state index < -0.39 is 34.4 Å². The molecule has 2 aromatic rings. The van der Waals surface area contributed by atoms with Gasteiger partial charge in [0.25, 0.3) is 5.91 Å². The second kappa shape index (κ2) is 8.39. The third kappa shape index (κ3) is 6.06. The van der Waals surface area contributed by atoms with Gasteiger partial charge in [0, 0.05) is 4.90 Å². The van der Waals surface area contributed by atoms with Crippen LogP contribution in [0.4, 0.5) is 32.0 Å². The molecule has 0 aromatic heterocycles. The fraction of sp³-hybridized carbons (Fsp3) is 0.111. The van der Waals surface area contributed by atoms with Crippen molar-refractivity contribution >= 4 is 29.4 Å². The monoisotopic (exact) mass is 416 g/mol. The number of hydrogen-bond acceptors (Lipinski definition) is 3. The molecule has 0 aliphatic rings. The van der Waals surface area contributed by atoms with Crippen LogP contribution in [0.25, 0.3) is 6.08 Å². The summed E-state index contributed by atoms with van der Waals surface area (Å²) in [5.74, 6) is -1.08. The third-order valence-corrected chi connectivity index (χ3v) is 4.01. The van der Waals surface area contributed by atoms with Crippen LogP contribution < -0.4 is 5.32 Å². The second-order valence-electron chi connectivity index (χ2n) is 5.28. The molecule has 28 heavy (non-hydrogen) atoms. The highest BCUT2D eigenvalue weighted by Gasteiger charge is 2.33. The van der Waals surface area contributed by atoms with Crippen LogP contribution in [0, 0.1) is 11.3 Å². The molecule has 1 N–H and O–H groups in total. The van der Waals surface area contributed by atoms with Crippen molar-refractivity contribution < 1.29 is 31.1 Å². The molecule has 2 rings (SSSR count). The van der Waals surface area contributed by atoms with Gasteiger partial charge in [-0.2, -0.15) is 31.6 Å². The van der Waals surface area contributed by atoms with E-state index in [1.165, 1.54) is 18.2 Å². The first-order valence-corrected chi connectivity index (χ1v) is 8.26. The van der Waals surface area contributed by atoms with Crippen molar-refractivity contribution in [2.75, 3.05) is 5.32 Å². The summed E-state index contributed by atoms with van der Waals surface area (Å²) in [4.78, 5) is 12.1. The van der Waals surface area contributed by atoms with Gasteiger partial charge in [-0.3, -0.25) is 4.79 Å². The van der Waals surface area contributed by atoms with Gasteiger partial charge in [-0.1, -0.05) is 24.3 Å². The lowest BCUT2D eigenvalue weighted by atomic mass is 10.1. The highest BCUT2D eigenvalue weighted by Crippen LogP contribution is 2.37. The van der Waals surface area contributed by atoms with E-state index in [2.05, 4.69) is 0 Å². The van der Waals surface area contributed by atoms with Crippen LogP contribution in [-0.2, 0) is 11.0 Å². The van der Waals surface area contributed by atoms with Gasteiger partial charge in [-0.25, -0.2) is 0 Å². The molecule has 0 aliphatic carbocycles. The summed E-state index contributed by atoms with van der Waals surface area (Å²) in [6.45, 7) is 0. The van der Waals surface area contributed by atoms with Crippen LogP contribution in [0.5, 0.6) is 0 Å². The van der Waals surface area contributed by atoms with E-state index in [0.717, 1.165) is 36.4 Å². The van der Waals surface area contributed by atoms with Gasteiger partial charge in [0.1, 0.15) is 11.6 Å². The van der Waals surface area contributed by atoms with Crippen molar-refractivity contribution in [2.45, 2.75) is 16.6 Å². The van der Waals surface area contributed by atoms with Crippen molar-refractivity contribution in [3.63, 3.8) is 0 Å². The maximum absolute atomic E-state index is 13.0. The Balaban J connectivity index is 2.22. The first kappa shape index (κ1) is 21.4. The normalized spacial score (nSPS) is 12.4. The van der Waals surface area contributed by atoms with E-state index in [-0.39, 0.29) is 22.2 Å². The summed E-state index contributed by atoms with van der Waals surface area (Å²) in [6.07, 6.45) is -3.64. The number of para-hydroxylation sites is 1. The number of hydrogen-bond donors (Lipinski definition) is 1. The lowest BCUT2D eigenvalue weighted by Gasteiger charge is -2.13. The molecule has 3 nitrogen and oxygen atoms in total. The van der Waals surface area contributed by atoms with Crippen molar-refractivity contribution in [1.82, 2.24) is 0 Å². The summed E-state index contributed by atoms with van der Waals surface area (Å²) >= 11 is -0.325. The molecular formula is C18H10F6N2OS. The molecule has 0 spiro atoms. The first-order valence-electron chi connectivity index (χ1n) is 7.45. The Labute approximate surface area is 159 Å². The number of anilines is 1. The van der Waals surface area contributed by atoms with E-state index in [1.807, 2.05) is 5.32 Å². The smallest absolute Gasteiger partial charge is 0.321 e. The van der Waals surface area contributed by atoms with E-state index >= 15 is 0 Å². The van der Waals surface area contributed by atoms with Crippen LogP contribution in [0.3, 0.4) is 0 Å². The molecule has 0 saturated heterocycles. The Morgan fingerprint density at radius 1 is 1.00 bits per heavy atom. The van der Waals surface area contributed by atoms with Crippen molar-refractivity contribution in [2.24, 2.45) is 0 Å². The molecule has 2 aromatic carbocycles. The molecule has 146 valence electrons. The van der Waals surface area contributed by atoms with Crippen LogP contribution in [0.15, 0.2) is 59.0 Å². The Kier molecular flexibility index (Phi) is 6.41. The number of thioether (sulfide) groups is 1. The minimum atomic E-state index is -4.70. The maximum Gasteiger partial charge on any atom is 0.446 e. The first-order chi connectivity index (χ1) is 13.0. The van der Waals surface area contributed by atoms with Gasteiger partial charge < -0.3 is 5.32 Å². The SMILES string of the molecule is N#C/C(=C\c1ccc(SC(F)(F)F)cc1)C(=O)Nc1ccccc1C(F)(F)F. The van der Waals surface area contributed by atoms with Crippen molar-refractivity contribution in [3.8, 4) is 6.07 Å². The lowest BCUT2D eigenvalue weighted by Crippen LogP contribution is -2.17. The highest BCUT2D eigenvalue weighted by atomic mass is 32.2. The van der Waals surface area contributed by atoms with Crippen LogP contribution in [-0.4, -0.2) is 11.4 Å².